The molecule has 3 nitrogen and oxygen atoms in total. The van der Waals surface area contributed by atoms with Gasteiger partial charge in [0.1, 0.15) is 5.75 Å². The first-order chi connectivity index (χ1) is 11.3. The number of piperidine rings is 1. The zero-order valence-electron chi connectivity index (χ0n) is 14.4. The minimum absolute atomic E-state index is 0.719. The molecule has 126 valence electrons. The summed E-state index contributed by atoms with van der Waals surface area (Å²) in [6.45, 7) is 4.71. The maximum Gasteiger partial charge on any atom is 0.119 e. The summed E-state index contributed by atoms with van der Waals surface area (Å²) < 4.78 is 5.58. The van der Waals surface area contributed by atoms with Gasteiger partial charge in [-0.1, -0.05) is 12.8 Å². The number of nitrogens with one attached hydrogen (secondary N) is 1. The second-order valence-corrected chi connectivity index (χ2v) is 7.53. The van der Waals surface area contributed by atoms with E-state index in [9.17, 15) is 0 Å². The summed E-state index contributed by atoms with van der Waals surface area (Å²) in [6, 6.07) is 5.46. The van der Waals surface area contributed by atoms with Crippen LogP contribution < -0.4 is 10.1 Å². The van der Waals surface area contributed by atoms with Gasteiger partial charge in [-0.05, 0) is 86.5 Å². The first-order valence-corrected chi connectivity index (χ1v) is 9.49. The van der Waals surface area contributed by atoms with Crippen molar-refractivity contribution in [1.29, 1.82) is 0 Å². The summed E-state index contributed by atoms with van der Waals surface area (Å²) in [5.41, 5.74) is 4.64. The van der Waals surface area contributed by atoms with Crippen LogP contribution in [0, 0.1) is 0 Å². The van der Waals surface area contributed by atoms with Crippen molar-refractivity contribution in [3.63, 3.8) is 0 Å². The fraction of sp³-hybridized carbons (Fsp3) is 0.700. The van der Waals surface area contributed by atoms with Crippen molar-refractivity contribution in [2.45, 2.75) is 63.5 Å². The smallest absolute Gasteiger partial charge is 0.119 e. The second-order valence-electron chi connectivity index (χ2n) is 7.53. The Morgan fingerprint density at radius 1 is 1.09 bits per heavy atom. The van der Waals surface area contributed by atoms with E-state index in [2.05, 4.69) is 22.3 Å². The SMILES string of the molecule is COc1cc2c(c(C3CCN(C4CCCC4)CC3)c1)CNCC2. The van der Waals surface area contributed by atoms with Gasteiger partial charge in [-0.3, -0.25) is 0 Å². The third-order valence-electron chi connectivity index (χ3n) is 6.27. The summed E-state index contributed by atoms with van der Waals surface area (Å²) >= 11 is 0. The van der Waals surface area contributed by atoms with Crippen LogP contribution in [0.15, 0.2) is 12.1 Å². The molecule has 1 aromatic carbocycles. The summed E-state index contributed by atoms with van der Waals surface area (Å²) in [5, 5.41) is 3.56. The van der Waals surface area contributed by atoms with Gasteiger partial charge in [0.2, 0.25) is 0 Å². The molecular weight excluding hydrogens is 284 g/mol. The summed E-state index contributed by atoms with van der Waals surface area (Å²) in [5.74, 6) is 1.77. The maximum absolute atomic E-state index is 5.58. The predicted molar refractivity (Wildman–Crippen MR) is 94.2 cm³/mol. The normalized spacial score (nSPS) is 23.9. The number of methoxy groups -OCH3 is 1. The molecule has 0 amide bonds. The van der Waals surface area contributed by atoms with Gasteiger partial charge in [-0.2, -0.15) is 0 Å². The van der Waals surface area contributed by atoms with Crippen LogP contribution >= 0.6 is 0 Å². The van der Waals surface area contributed by atoms with Crippen molar-refractivity contribution in [1.82, 2.24) is 10.2 Å². The van der Waals surface area contributed by atoms with E-state index in [4.69, 9.17) is 4.74 Å². The molecule has 0 bridgehead atoms. The molecule has 2 heterocycles. The highest BCUT2D eigenvalue weighted by Crippen LogP contribution is 2.37. The van der Waals surface area contributed by atoms with Crippen LogP contribution in [0.5, 0.6) is 5.75 Å². The number of ether oxygens (including phenoxy) is 1. The Morgan fingerprint density at radius 2 is 1.87 bits per heavy atom. The topological polar surface area (TPSA) is 24.5 Å². The minimum Gasteiger partial charge on any atom is -0.497 e. The number of hydrogen-bond donors (Lipinski definition) is 1. The largest absolute Gasteiger partial charge is 0.497 e. The van der Waals surface area contributed by atoms with Gasteiger partial charge in [0, 0.05) is 12.6 Å². The Labute approximate surface area is 140 Å². The Bertz CT molecular complexity index is 543. The lowest BCUT2D eigenvalue weighted by Crippen LogP contribution is -2.39. The fourth-order valence-electron chi connectivity index (χ4n) is 4.93. The molecule has 0 atom stereocenters. The molecule has 0 radical (unpaired) electrons. The van der Waals surface area contributed by atoms with Crippen LogP contribution in [0.3, 0.4) is 0 Å². The van der Waals surface area contributed by atoms with Crippen LogP contribution in [-0.4, -0.2) is 37.7 Å². The van der Waals surface area contributed by atoms with E-state index in [-0.39, 0.29) is 0 Å². The molecule has 2 aliphatic heterocycles. The lowest BCUT2D eigenvalue weighted by Gasteiger charge is -2.37. The Hall–Kier alpha value is -1.06. The summed E-state index contributed by atoms with van der Waals surface area (Å²) in [7, 11) is 1.80. The van der Waals surface area contributed by atoms with Crippen LogP contribution in [0.4, 0.5) is 0 Å². The van der Waals surface area contributed by atoms with E-state index < -0.39 is 0 Å². The van der Waals surface area contributed by atoms with Crippen molar-refractivity contribution < 1.29 is 4.74 Å². The van der Waals surface area contributed by atoms with E-state index in [1.54, 1.807) is 18.2 Å². The molecule has 2 fully saturated rings. The van der Waals surface area contributed by atoms with E-state index in [1.165, 1.54) is 57.2 Å². The van der Waals surface area contributed by atoms with Crippen molar-refractivity contribution in [3.8, 4) is 5.75 Å². The highest BCUT2D eigenvalue weighted by Gasteiger charge is 2.29. The van der Waals surface area contributed by atoms with Gasteiger partial charge >= 0.3 is 0 Å². The molecule has 1 N–H and O–H groups in total. The van der Waals surface area contributed by atoms with E-state index in [1.807, 2.05) is 0 Å². The Balaban J connectivity index is 1.52. The van der Waals surface area contributed by atoms with Crippen LogP contribution in [-0.2, 0) is 13.0 Å². The molecule has 23 heavy (non-hydrogen) atoms. The predicted octanol–water partition coefficient (Wildman–Crippen LogP) is 3.46. The molecule has 1 aliphatic carbocycles. The highest BCUT2D eigenvalue weighted by atomic mass is 16.5. The number of nitrogens with zero attached hydrogens (tertiary/aromatic N) is 1. The first-order valence-electron chi connectivity index (χ1n) is 9.49. The number of hydrogen-bond acceptors (Lipinski definition) is 3. The quantitative estimate of drug-likeness (QED) is 0.924. The molecule has 0 unspecified atom stereocenters. The molecule has 1 aromatic rings. The van der Waals surface area contributed by atoms with Gasteiger partial charge < -0.3 is 15.0 Å². The third-order valence-corrected chi connectivity index (χ3v) is 6.27. The number of fused-ring (bicyclic) bond motifs is 1. The molecule has 4 rings (SSSR count). The van der Waals surface area contributed by atoms with Crippen molar-refractivity contribution >= 4 is 0 Å². The van der Waals surface area contributed by atoms with Crippen molar-refractivity contribution in [3.05, 3.63) is 28.8 Å². The zero-order chi connectivity index (χ0) is 15.6. The first kappa shape index (κ1) is 15.5. The fourth-order valence-corrected chi connectivity index (χ4v) is 4.93. The molecule has 3 heteroatoms. The minimum atomic E-state index is 0.719. The summed E-state index contributed by atoms with van der Waals surface area (Å²) in [6.07, 6.45) is 9.53. The molecule has 1 saturated carbocycles. The lowest BCUT2D eigenvalue weighted by atomic mass is 9.83. The average Bonchev–Trinajstić information content (AvgIpc) is 3.15. The van der Waals surface area contributed by atoms with Crippen LogP contribution in [0.1, 0.15) is 61.1 Å². The van der Waals surface area contributed by atoms with Gasteiger partial charge in [-0.15, -0.1) is 0 Å². The molecule has 0 spiro atoms. The maximum atomic E-state index is 5.58. The monoisotopic (exact) mass is 314 g/mol. The van der Waals surface area contributed by atoms with Crippen molar-refractivity contribution in [2.24, 2.45) is 0 Å². The Kier molecular flexibility index (Phi) is 4.59. The Morgan fingerprint density at radius 3 is 2.61 bits per heavy atom. The third kappa shape index (κ3) is 3.14. The van der Waals surface area contributed by atoms with Crippen LogP contribution in [0.2, 0.25) is 0 Å². The number of likely N-dealkylation sites (tertiary alicyclic amines) is 1. The van der Waals surface area contributed by atoms with E-state index >= 15 is 0 Å². The molecule has 0 aromatic heterocycles. The molecule has 3 aliphatic rings. The summed E-state index contributed by atoms with van der Waals surface area (Å²) in [4.78, 5) is 2.77. The van der Waals surface area contributed by atoms with E-state index in [0.29, 0.717) is 0 Å². The van der Waals surface area contributed by atoms with Gasteiger partial charge in [0.05, 0.1) is 7.11 Å². The van der Waals surface area contributed by atoms with Gasteiger partial charge in [-0.25, -0.2) is 0 Å². The number of benzene rings is 1. The molecular formula is C20H30N2O. The standard InChI is InChI=1S/C20H30N2O/c1-23-18-12-16-6-9-21-14-20(16)19(13-18)15-7-10-22(11-8-15)17-4-2-3-5-17/h12-13,15,17,21H,2-11,14H2,1H3. The molecule has 1 saturated heterocycles. The van der Waals surface area contributed by atoms with Crippen molar-refractivity contribution in [2.75, 3.05) is 26.7 Å². The number of rotatable bonds is 3. The second kappa shape index (κ2) is 6.82. The average molecular weight is 314 g/mol. The zero-order valence-corrected chi connectivity index (χ0v) is 14.4. The van der Waals surface area contributed by atoms with Gasteiger partial charge in [0.25, 0.3) is 0 Å². The van der Waals surface area contributed by atoms with Gasteiger partial charge in [0.15, 0.2) is 0 Å². The van der Waals surface area contributed by atoms with E-state index in [0.717, 1.165) is 37.2 Å². The van der Waals surface area contributed by atoms with Crippen LogP contribution in [0.25, 0.3) is 0 Å². The lowest BCUT2D eigenvalue weighted by molar-refractivity contribution is 0.153. The highest BCUT2D eigenvalue weighted by molar-refractivity contribution is 5.45.